The van der Waals surface area contributed by atoms with Crippen molar-refractivity contribution < 1.29 is 0 Å². The third-order valence-corrected chi connectivity index (χ3v) is 3.26. The molecule has 14 heavy (non-hydrogen) atoms. The van der Waals surface area contributed by atoms with Crippen LogP contribution in [0.5, 0.6) is 0 Å². The topological polar surface area (TPSA) is 12.0 Å². The van der Waals surface area contributed by atoms with E-state index in [1.165, 1.54) is 29.5 Å². The second kappa shape index (κ2) is 3.74. The monoisotopic (exact) mass is 189 g/mol. The van der Waals surface area contributed by atoms with Gasteiger partial charge in [-0.25, -0.2) is 0 Å². The second-order valence-electron chi connectivity index (χ2n) is 4.49. The molecule has 1 heteroatoms. The first-order valence-electron chi connectivity index (χ1n) is 5.52. The Morgan fingerprint density at radius 3 is 2.79 bits per heavy atom. The van der Waals surface area contributed by atoms with Crippen LogP contribution < -0.4 is 5.32 Å². The van der Waals surface area contributed by atoms with Gasteiger partial charge in [0.25, 0.3) is 0 Å². The minimum atomic E-state index is 0.587. The van der Waals surface area contributed by atoms with Gasteiger partial charge in [-0.2, -0.15) is 0 Å². The summed E-state index contributed by atoms with van der Waals surface area (Å²) in [5.74, 6) is 0.637. The lowest BCUT2D eigenvalue weighted by Crippen LogP contribution is -2.13. The number of rotatable bonds is 2. The molecule has 0 spiro atoms. The minimum Gasteiger partial charge on any atom is -0.313 e. The van der Waals surface area contributed by atoms with Crippen molar-refractivity contribution in [2.75, 3.05) is 7.05 Å². The Hall–Kier alpha value is -0.820. The Balaban J connectivity index is 2.37. The summed E-state index contributed by atoms with van der Waals surface area (Å²) < 4.78 is 0. The van der Waals surface area contributed by atoms with Crippen molar-refractivity contribution in [3.8, 4) is 0 Å². The number of fused-ring (bicyclic) bond motifs is 1. The Labute approximate surface area is 86.5 Å². The molecule has 0 radical (unpaired) electrons. The molecule has 76 valence electrons. The summed E-state index contributed by atoms with van der Waals surface area (Å²) in [6.45, 7) is 4.51. The molecule has 1 aromatic rings. The van der Waals surface area contributed by atoms with Crippen molar-refractivity contribution in [2.24, 2.45) is 0 Å². The van der Waals surface area contributed by atoms with Gasteiger partial charge in [-0.05, 0) is 42.5 Å². The molecule has 0 bridgehead atoms. The molecule has 0 saturated heterocycles. The predicted molar refractivity (Wildman–Crippen MR) is 60.7 cm³/mol. The van der Waals surface area contributed by atoms with E-state index in [0.29, 0.717) is 12.0 Å². The van der Waals surface area contributed by atoms with Gasteiger partial charge in [0.15, 0.2) is 0 Å². The van der Waals surface area contributed by atoms with E-state index < -0.39 is 0 Å². The summed E-state index contributed by atoms with van der Waals surface area (Å²) in [6.07, 6.45) is 2.49. The van der Waals surface area contributed by atoms with Gasteiger partial charge in [-0.15, -0.1) is 0 Å². The summed E-state index contributed by atoms with van der Waals surface area (Å²) >= 11 is 0. The lowest BCUT2D eigenvalue weighted by atomic mass is 9.97. The van der Waals surface area contributed by atoms with E-state index in [9.17, 15) is 0 Å². The predicted octanol–water partition coefficient (Wildman–Crippen LogP) is 3.02. The lowest BCUT2D eigenvalue weighted by molar-refractivity contribution is 0.590. The number of nitrogens with one attached hydrogen (secondary N) is 1. The van der Waals surface area contributed by atoms with E-state index >= 15 is 0 Å². The summed E-state index contributed by atoms with van der Waals surface area (Å²) in [5.41, 5.74) is 4.53. The van der Waals surface area contributed by atoms with Gasteiger partial charge in [-0.1, -0.05) is 32.0 Å². The zero-order valence-corrected chi connectivity index (χ0v) is 9.30. The maximum absolute atomic E-state index is 3.39. The van der Waals surface area contributed by atoms with Crippen molar-refractivity contribution in [2.45, 2.75) is 38.6 Å². The van der Waals surface area contributed by atoms with Gasteiger partial charge in [0.1, 0.15) is 0 Å². The summed E-state index contributed by atoms with van der Waals surface area (Å²) in [5, 5.41) is 3.39. The van der Waals surface area contributed by atoms with Gasteiger partial charge in [0.2, 0.25) is 0 Å². The maximum Gasteiger partial charge on any atom is 0.0323 e. The molecule has 0 heterocycles. The van der Waals surface area contributed by atoms with Crippen LogP contribution in [0, 0.1) is 0 Å². The van der Waals surface area contributed by atoms with Gasteiger partial charge in [0.05, 0.1) is 0 Å². The Morgan fingerprint density at radius 2 is 2.14 bits per heavy atom. The normalized spacial score (nSPS) is 20.1. The van der Waals surface area contributed by atoms with Crippen molar-refractivity contribution >= 4 is 0 Å². The highest BCUT2D eigenvalue weighted by Gasteiger charge is 2.21. The largest absolute Gasteiger partial charge is 0.313 e. The van der Waals surface area contributed by atoms with Gasteiger partial charge in [0, 0.05) is 6.04 Å². The molecule has 1 atom stereocenters. The fraction of sp³-hybridized carbons (Fsp3) is 0.538. The van der Waals surface area contributed by atoms with Crippen LogP contribution in [-0.2, 0) is 6.42 Å². The molecular weight excluding hydrogens is 170 g/mol. The van der Waals surface area contributed by atoms with Crippen LogP contribution in [0.2, 0.25) is 0 Å². The zero-order valence-electron chi connectivity index (χ0n) is 9.30. The van der Waals surface area contributed by atoms with Crippen molar-refractivity contribution in [1.82, 2.24) is 5.32 Å². The molecule has 0 amide bonds. The Bertz CT molecular complexity index is 328. The smallest absolute Gasteiger partial charge is 0.0323 e. The van der Waals surface area contributed by atoms with E-state index in [4.69, 9.17) is 0 Å². The average molecular weight is 189 g/mol. The number of hydrogen-bond donors (Lipinski definition) is 1. The SMILES string of the molecule is CN[C@H]1CCc2ccc(C(C)C)cc21. The fourth-order valence-electron chi connectivity index (χ4n) is 2.28. The van der Waals surface area contributed by atoms with Crippen LogP contribution in [0.1, 0.15) is 48.9 Å². The quantitative estimate of drug-likeness (QED) is 0.754. The summed E-state index contributed by atoms with van der Waals surface area (Å²) in [7, 11) is 2.06. The highest BCUT2D eigenvalue weighted by atomic mass is 14.9. The van der Waals surface area contributed by atoms with Crippen LogP contribution in [0.3, 0.4) is 0 Å². The molecular formula is C13H19N. The van der Waals surface area contributed by atoms with Crippen LogP contribution in [0.4, 0.5) is 0 Å². The van der Waals surface area contributed by atoms with Crippen molar-refractivity contribution in [3.63, 3.8) is 0 Å². The lowest BCUT2D eigenvalue weighted by Gasteiger charge is -2.13. The molecule has 2 rings (SSSR count). The minimum absolute atomic E-state index is 0.587. The molecule has 0 aromatic heterocycles. The van der Waals surface area contributed by atoms with Gasteiger partial charge < -0.3 is 5.32 Å². The van der Waals surface area contributed by atoms with Crippen molar-refractivity contribution in [3.05, 3.63) is 34.9 Å². The van der Waals surface area contributed by atoms with Gasteiger partial charge in [-0.3, -0.25) is 0 Å². The molecule has 0 unspecified atom stereocenters. The second-order valence-corrected chi connectivity index (χ2v) is 4.49. The van der Waals surface area contributed by atoms with E-state index in [0.717, 1.165) is 0 Å². The fourth-order valence-corrected chi connectivity index (χ4v) is 2.28. The maximum atomic E-state index is 3.39. The van der Waals surface area contributed by atoms with Crippen LogP contribution >= 0.6 is 0 Å². The van der Waals surface area contributed by atoms with Crippen LogP contribution in [0.15, 0.2) is 18.2 Å². The number of aryl methyl sites for hydroxylation is 1. The molecule has 0 fully saturated rings. The molecule has 1 nitrogen and oxygen atoms in total. The van der Waals surface area contributed by atoms with Gasteiger partial charge >= 0.3 is 0 Å². The first-order chi connectivity index (χ1) is 6.72. The molecule has 1 N–H and O–H groups in total. The zero-order chi connectivity index (χ0) is 10.1. The third-order valence-electron chi connectivity index (χ3n) is 3.26. The first-order valence-corrected chi connectivity index (χ1v) is 5.52. The number of hydrogen-bond acceptors (Lipinski definition) is 1. The Kier molecular flexibility index (Phi) is 2.60. The van der Waals surface area contributed by atoms with E-state index in [-0.39, 0.29) is 0 Å². The standard InChI is InChI=1S/C13H19N/c1-9(2)11-5-4-10-6-7-13(14-3)12(10)8-11/h4-5,8-9,13-14H,6-7H2,1-3H3/t13-/m0/s1. The Morgan fingerprint density at radius 1 is 1.36 bits per heavy atom. The van der Waals surface area contributed by atoms with E-state index in [1.807, 2.05) is 0 Å². The molecule has 1 aliphatic carbocycles. The molecule has 0 saturated carbocycles. The number of benzene rings is 1. The van der Waals surface area contributed by atoms with Crippen molar-refractivity contribution in [1.29, 1.82) is 0 Å². The average Bonchev–Trinajstić information content (AvgIpc) is 2.59. The van der Waals surface area contributed by atoms with E-state index in [2.05, 4.69) is 44.4 Å². The highest BCUT2D eigenvalue weighted by Crippen LogP contribution is 2.32. The summed E-state index contributed by atoms with van der Waals surface area (Å²) in [6, 6.07) is 7.56. The molecule has 1 aliphatic rings. The molecule has 1 aromatic carbocycles. The highest BCUT2D eigenvalue weighted by molar-refractivity contribution is 5.38. The van der Waals surface area contributed by atoms with E-state index in [1.54, 1.807) is 0 Å². The third kappa shape index (κ3) is 1.57. The summed E-state index contributed by atoms with van der Waals surface area (Å²) in [4.78, 5) is 0. The van der Waals surface area contributed by atoms with Crippen LogP contribution in [0.25, 0.3) is 0 Å². The van der Waals surface area contributed by atoms with Crippen LogP contribution in [-0.4, -0.2) is 7.05 Å². The molecule has 0 aliphatic heterocycles. The first kappa shape index (κ1) is 9.72.